The van der Waals surface area contributed by atoms with Gasteiger partial charge in [-0.15, -0.1) is 0 Å². The lowest BCUT2D eigenvalue weighted by Gasteiger charge is -2.56. The van der Waals surface area contributed by atoms with Crippen molar-refractivity contribution in [3.8, 4) is 0 Å². The van der Waals surface area contributed by atoms with Gasteiger partial charge in [0.15, 0.2) is 0 Å². The predicted octanol–water partition coefficient (Wildman–Crippen LogP) is 3.92. The average molecular weight is 281 g/mol. The molecule has 1 aliphatic carbocycles. The van der Waals surface area contributed by atoms with Crippen LogP contribution in [0.3, 0.4) is 0 Å². The molecule has 0 aromatic carbocycles. The summed E-state index contributed by atoms with van der Waals surface area (Å²) in [6.45, 7) is 9.08. The first-order valence-electron chi connectivity index (χ1n) is 8.33. The second kappa shape index (κ2) is 6.05. The Bertz CT molecular complexity index is 341. The second-order valence-corrected chi connectivity index (χ2v) is 7.89. The zero-order valence-electron chi connectivity index (χ0n) is 13.5. The summed E-state index contributed by atoms with van der Waals surface area (Å²) in [5.74, 6) is -0.121. The number of hydrogen-bond acceptors (Lipinski definition) is 2. The Balaban J connectivity index is 2.33. The van der Waals surface area contributed by atoms with Crippen molar-refractivity contribution in [1.29, 1.82) is 0 Å². The maximum atomic E-state index is 11.6. The van der Waals surface area contributed by atoms with Crippen LogP contribution in [-0.2, 0) is 4.79 Å². The molecule has 3 heteroatoms. The zero-order chi connectivity index (χ0) is 14.8. The molecule has 0 aromatic heterocycles. The lowest BCUT2D eigenvalue weighted by atomic mass is 9.60. The predicted molar refractivity (Wildman–Crippen MR) is 81.8 cm³/mol. The SMILES string of the molecule is CC(C)(C)C1CCCCC1(CC(=O)O)N1CCCCC1. The summed E-state index contributed by atoms with van der Waals surface area (Å²) in [7, 11) is 0. The van der Waals surface area contributed by atoms with Gasteiger partial charge in [0, 0.05) is 5.54 Å². The number of carboxylic acid groups (broad SMARTS) is 1. The van der Waals surface area contributed by atoms with Crippen molar-refractivity contribution in [2.24, 2.45) is 11.3 Å². The smallest absolute Gasteiger partial charge is 0.305 e. The van der Waals surface area contributed by atoms with Gasteiger partial charge in [0.25, 0.3) is 0 Å². The van der Waals surface area contributed by atoms with E-state index in [1.54, 1.807) is 0 Å². The molecule has 1 saturated heterocycles. The molecular weight excluding hydrogens is 250 g/mol. The van der Waals surface area contributed by atoms with E-state index >= 15 is 0 Å². The van der Waals surface area contributed by atoms with E-state index in [9.17, 15) is 9.90 Å². The number of likely N-dealkylation sites (tertiary alicyclic amines) is 1. The fourth-order valence-corrected chi connectivity index (χ4v) is 4.76. The van der Waals surface area contributed by atoms with E-state index in [1.165, 1.54) is 38.5 Å². The highest BCUT2D eigenvalue weighted by Gasteiger charge is 2.50. The first-order valence-corrected chi connectivity index (χ1v) is 8.33. The van der Waals surface area contributed by atoms with Gasteiger partial charge in [-0.1, -0.05) is 40.0 Å². The number of aliphatic carboxylic acids is 1. The normalized spacial score (nSPS) is 33.0. The van der Waals surface area contributed by atoms with Crippen molar-refractivity contribution < 1.29 is 9.90 Å². The number of nitrogens with zero attached hydrogens (tertiary/aromatic N) is 1. The minimum atomic E-state index is -0.619. The number of rotatable bonds is 3. The molecule has 2 fully saturated rings. The number of piperidine rings is 1. The van der Waals surface area contributed by atoms with Crippen molar-refractivity contribution in [2.75, 3.05) is 13.1 Å². The maximum Gasteiger partial charge on any atom is 0.305 e. The highest BCUT2D eigenvalue weighted by molar-refractivity contribution is 5.68. The first kappa shape index (κ1) is 15.8. The van der Waals surface area contributed by atoms with Crippen LogP contribution in [0.2, 0.25) is 0 Å². The Kier molecular flexibility index (Phi) is 4.78. The van der Waals surface area contributed by atoms with Crippen molar-refractivity contribution in [3.63, 3.8) is 0 Å². The number of carboxylic acids is 1. The molecule has 2 unspecified atom stereocenters. The molecule has 1 aliphatic heterocycles. The molecule has 1 N–H and O–H groups in total. The highest BCUT2D eigenvalue weighted by atomic mass is 16.4. The van der Waals surface area contributed by atoms with Crippen LogP contribution >= 0.6 is 0 Å². The van der Waals surface area contributed by atoms with Gasteiger partial charge in [-0.3, -0.25) is 9.69 Å². The fourth-order valence-electron chi connectivity index (χ4n) is 4.76. The van der Waals surface area contributed by atoms with Gasteiger partial charge >= 0.3 is 5.97 Å². The molecule has 0 radical (unpaired) electrons. The van der Waals surface area contributed by atoms with E-state index in [4.69, 9.17) is 0 Å². The Morgan fingerprint density at radius 3 is 2.35 bits per heavy atom. The summed E-state index contributed by atoms with van der Waals surface area (Å²) in [5.41, 5.74) is 0.0933. The summed E-state index contributed by atoms with van der Waals surface area (Å²) < 4.78 is 0. The molecule has 1 heterocycles. The van der Waals surface area contributed by atoms with Gasteiger partial charge in [-0.2, -0.15) is 0 Å². The summed E-state index contributed by atoms with van der Waals surface area (Å²) in [4.78, 5) is 14.1. The maximum absolute atomic E-state index is 11.6. The Hall–Kier alpha value is -0.570. The molecule has 116 valence electrons. The second-order valence-electron chi connectivity index (χ2n) is 7.89. The minimum absolute atomic E-state index is 0.0945. The summed E-state index contributed by atoms with van der Waals surface area (Å²) in [6, 6.07) is 0. The van der Waals surface area contributed by atoms with Gasteiger partial charge in [0.1, 0.15) is 0 Å². The topological polar surface area (TPSA) is 40.5 Å². The Morgan fingerprint density at radius 2 is 1.80 bits per heavy atom. The molecule has 3 nitrogen and oxygen atoms in total. The highest BCUT2D eigenvalue weighted by Crippen LogP contribution is 2.49. The largest absolute Gasteiger partial charge is 0.481 e. The van der Waals surface area contributed by atoms with Crippen molar-refractivity contribution in [3.05, 3.63) is 0 Å². The average Bonchev–Trinajstić information content (AvgIpc) is 2.38. The van der Waals surface area contributed by atoms with E-state index in [0.29, 0.717) is 12.3 Å². The molecule has 1 saturated carbocycles. The third kappa shape index (κ3) is 3.19. The monoisotopic (exact) mass is 281 g/mol. The third-order valence-corrected chi connectivity index (χ3v) is 5.49. The standard InChI is InChI=1S/C17H31NO2/c1-16(2,3)14-9-5-6-10-17(14,13-15(19)20)18-11-7-4-8-12-18/h14H,4-13H2,1-3H3,(H,19,20). The van der Waals surface area contributed by atoms with Gasteiger partial charge in [0.2, 0.25) is 0 Å². The quantitative estimate of drug-likeness (QED) is 0.852. The molecule has 2 atom stereocenters. The fraction of sp³-hybridized carbons (Fsp3) is 0.941. The van der Waals surface area contributed by atoms with Crippen LogP contribution in [0.5, 0.6) is 0 Å². The van der Waals surface area contributed by atoms with Crippen LogP contribution < -0.4 is 0 Å². The van der Waals surface area contributed by atoms with E-state index in [2.05, 4.69) is 25.7 Å². The molecule has 2 aliphatic rings. The van der Waals surface area contributed by atoms with Gasteiger partial charge in [-0.05, 0) is 50.1 Å². The van der Waals surface area contributed by atoms with Crippen molar-refractivity contribution in [2.45, 2.75) is 77.7 Å². The van der Waals surface area contributed by atoms with Crippen LogP contribution in [-0.4, -0.2) is 34.6 Å². The lowest BCUT2D eigenvalue weighted by molar-refractivity contribution is -0.146. The number of carbonyl (C=O) groups is 1. The van der Waals surface area contributed by atoms with Crippen LogP contribution in [0, 0.1) is 11.3 Å². The summed E-state index contributed by atoms with van der Waals surface area (Å²) in [6.07, 6.45) is 8.81. The lowest BCUT2D eigenvalue weighted by Crippen LogP contribution is -2.60. The van der Waals surface area contributed by atoms with Crippen molar-refractivity contribution in [1.82, 2.24) is 4.90 Å². The van der Waals surface area contributed by atoms with Gasteiger partial charge in [-0.25, -0.2) is 0 Å². The van der Waals surface area contributed by atoms with E-state index in [-0.39, 0.29) is 11.0 Å². The van der Waals surface area contributed by atoms with E-state index in [0.717, 1.165) is 19.5 Å². The van der Waals surface area contributed by atoms with Crippen molar-refractivity contribution >= 4 is 5.97 Å². The molecule has 0 spiro atoms. The van der Waals surface area contributed by atoms with E-state index < -0.39 is 5.97 Å². The van der Waals surface area contributed by atoms with E-state index in [1.807, 2.05) is 0 Å². The Morgan fingerprint density at radius 1 is 1.15 bits per heavy atom. The third-order valence-electron chi connectivity index (χ3n) is 5.49. The van der Waals surface area contributed by atoms with Gasteiger partial charge < -0.3 is 5.11 Å². The van der Waals surface area contributed by atoms with Crippen LogP contribution in [0.4, 0.5) is 0 Å². The molecule has 0 amide bonds. The summed E-state index contributed by atoms with van der Waals surface area (Å²) in [5, 5.41) is 9.52. The molecule has 2 rings (SSSR count). The number of hydrogen-bond donors (Lipinski definition) is 1. The molecule has 0 aromatic rings. The van der Waals surface area contributed by atoms with Crippen LogP contribution in [0.25, 0.3) is 0 Å². The van der Waals surface area contributed by atoms with Crippen LogP contribution in [0.15, 0.2) is 0 Å². The Labute approximate surface area is 123 Å². The molecular formula is C17H31NO2. The summed E-state index contributed by atoms with van der Waals surface area (Å²) >= 11 is 0. The molecule has 0 bridgehead atoms. The van der Waals surface area contributed by atoms with Crippen LogP contribution in [0.1, 0.15) is 72.1 Å². The first-order chi connectivity index (χ1) is 9.36. The zero-order valence-corrected chi connectivity index (χ0v) is 13.5. The minimum Gasteiger partial charge on any atom is -0.481 e. The van der Waals surface area contributed by atoms with Gasteiger partial charge in [0.05, 0.1) is 6.42 Å². The molecule has 20 heavy (non-hydrogen) atoms.